The second-order valence-electron chi connectivity index (χ2n) is 12.9. The molecule has 1 saturated carbocycles. The fourth-order valence-electron chi connectivity index (χ4n) is 8.59. The van der Waals surface area contributed by atoms with Gasteiger partial charge in [-0.2, -0.15) is 0 Å². The third-order valence-electron chi connectivity index (χ3n) is 10.4. The number of carbonyl (C=O) groups is 2. The van der Waals surface area contributed by atoms with Crippen molar-refractivity contribution in [2.24, 2.45) is 29.1 Å². The maximum absolute atomic E-state index is 14.1. The molecule has 5 unspecified atom stereocenters. The lowest BCUT2D eigenvalue weighted by molar-refractivity contribution is -0.135. The van der Waals surface area contributed by atoms with Crippen molar-refractivity contribution < 1.29 is 34.4 Å². The molecule has 7 heteroatoms. The van der Waals surface area contributed by atoms with Crippen molar-refractivity contribution in [2.45, 2.75) is 51.9 Å². The molecule has 6 aliphatic rings. The number of esters is 2. The highest BCUT2D eigenvalue weighted by atomic mass is 16.5. The van der Waals surface area contributed by atoms with Gasteiger partial charge in [0.05, 0.1) is 11.0 Å². The van der Waals surface area contributed by atoms with Crippen molar-refractivity contribution in [2.75, 3.05) is 13.2 Å². The molecule has 1 saturated heterocycles. The molecule has 3 N–H and O–H groups in total. The van der Waals surface area contributed by atoms with Crippen LogP contribution in [0.25, 0.3) is 16.7 Å². The number of hydrogen-bond donors (Lipinski definition) is 3. The number of fused-ring (bicyclic) bond motifs is 1. The van der Waals surface area contributed by atoms with Gasteiger partial charge in [-0.05, 0) is 109 Å². The Balaban J connectivity index is 1.46. The quantitative estimate of drug-likeness (QED) is 0.246. The summed E-state index contributed by atoms with van der Waals surface area (Å²) >= 11 is 0. The highest BCUT2D eigenvalue weighted by molar-refractivity contribution is 6.07. The number of aliphatic hydroxyl groups excluding tert-OH is 2. The van der Waals surface area contributed by atoms with E-state index >= 15 is 0 Å². The van der Waals surface area contributed by atoms with E-state index in [4.69, 9.17) is 9.47 Å². The Kier molecular flexibility index (Phi) is 7.34. The zero-order valence-corrected chi connectivity index (χ0v) is 24.9. The Morgan fingerprint density at radius 1 is 0.977 bits per heavy atom. The van der Waals surface area contributed by atoms with Crippen LogP contribution in [0.2, 0.25) is 0 Å². The van der Waals surface area contributed by atoms with E-state index in [1.807, 2.05) is 55.5 Å². The Bertz CT molecular complexity index is 1640. The predicted molar refractivity (Wildman–Crippen MR) is 164 cm³/mol. The topological polar surface area (TPSA) is 113 Å². The van der Waals surface area contributed by atoms with Crippen LogP contribution in [0, 0.1) is 29.1 Å². The molecule has 2 heterocycles. The summed E-state index contributed by atoms with van der Waals surface area (Å²) in [5.74, 6) is 0.386. The fourth-order valence-corrected chi connectivity index (χ4v) is 8.59. The Labute approximate surface area is 257 Å². The molecular weight excluding hydrogens is 556 g/mol. The molecule has 5 atom stereocenters. The number of benzene rings is 2. The van der Waals surface area contributed by atoms with Crippen molar-refractivity contribution in [1.82, 2.24) is 0 Å². The van der Waals surface area contributed by atoms with Crippen LogP contribution in [0.3, 0.4) is 0 Å². The van der Waals surface area contributed by atoms with Gasteiger partial charge in [0.2, 0.25) is 0 Å². The number of phenols is 1. The lowest BCUT2D eigenvalue weighted by atomic mass is 9.44. The second-order valence-corrected chi connectivity index (χ2v) is 12.9. The van der Waals surface area contributed by atoms with Crippen molar-refractivity contribution in [1.29, 1.82) is 0 Å². The van der Waals surface area contributed by atoms with Gasteiger partial charge in [-0.25, -0.2) is 9.59 Å². The highest BCUT2D eigenvalue weighted by Crippen LogP contribution is 2.72. The molecule has 8 rings (SSSR count). The molecule has 0 aromatic heterocycles. The summed E-state index contributed by atoms with van der Waals surface area (Å²) in [4.78, 5) is 27.8. The molecule has 44 heavy (non-hydrogen) atoms. The molecule has 4 aliphatic carbocycles. The zero-order chi connectivity index (χ0) is 30.6. The van der Waals surface area contributed by atoms with Gasteiger partial charge in [0.25, 0.3) is 0 Å². The van der Waals surface area contributed by atoms with Crippen LogP contribution < -0.4 is 0 Å². The summed E-state index contributed by atoms with van der Waals surface area (Å²) in [5, 5.41) is 29.8. The lowest BCUT2D eigenvalue weighted by Gasteiger charge is -2.56. The minimum absolute atomic E-state index is 0.00484. The van der Waals surface area contributed by atoms with Gasteiger partial charge in [-0.1, -0.05) is 43.3 Å². The number of rotatable bonds is 8. The monoisotopic (exact) mass is 594 g/mol. The van der Waals surface area contributed by atoms with Crippen molar-refractivity contribution >= 4 is 17.5 Å². The van der Waals surface area contributed by atoms with Crippen molar-refractivity contribution in [3.05, 3.63) is 94.5 Å². The number of allylic oxidation sites excluding steroid dienone is 5. The SMILES string of the molecule is CC(CO)CC=C1OC(=O)C2=C1CCC1C3CCC4(C(=CCCCO)OC(=O)C4=C3c3cc(O)ccc3-c3ccccc3)C21. The molecular formula is C37H38O7. The van der Waals surface area contributed by atoms with Crippen molar-refractivity contribution in [3.8, 4) is 16.9 Å². The molecule has 0 radical (unpaired) electrons. The number of aliphatic hydroxyl groups is 2. The molecule has 2 aliphatic heterocycles. The Morgan fingerprint density at radius 2 is 1.80 bits per heavy atom. The summed E-state index contributed by atoms with van der Waals surface area (Å²) in [7, 11) is 0. The van der Waals surface area contributed by atoms with E-state index in [1.54, 1.807) is 12.1 Å². The first-order valence-corrected chi connectivity index (χ1v) is 15.8. The summed E-state index contributed by atoms with van der Waals surface area (Å²) in [5.41, 5.74) is 5.03. The fraction of sp³-hybridized carbons (Fsp3) is 0.405. The molecule has 7 nitrogen and oxygen atoms in total. The normalized spacial score (nSPS) is 29.6. The maximum atomic E-state index is 14.1. The number of aromatic hydroxyl groups is 1. The van der Waals surface area contributed by atoms with E-state index in [1.165, 1.54) is 0 Å². The number of phenolic OH excluding ortho intramolecular Hbond substituents is 1. The summed E-state index contributed by atoms with van der Waals surface area (Å²) in [6.07, 6.45) is 8.56. The van der Waals surface area contributed by atoms with Gasteiger partial charge >= 0.3 is 11.9 Å². The average molecular weight is 595 g/mol. The molecule has 2 aromatic carbocycles. The van der Waals surface area contributed by atoms with Crippen LogP contribution in [0.15, 0.2) is 88.9 Å². The zero-order valence-electron chi connectivity index (χ0n) is 24.9. The van der Waals surface area contributed by atoms with E-state index in [9.17, 15) is 24.9 Å². The van der Waals surface area contributed by atoms with Gasteiger partial charge in [0.1, 0.15) is 17.3 Å². The van der Waals surface area contributed by atoms with Crippen LogP contribution in [0.4, 0.5) is 0 Å². The first kappa shape index (κ1) is 28.8. The van der Waals surface area contributed by atoms with Gasteiger partial charge in [0, 0.05) is 30.3 Å². The molecule has 2 bridgehead atoms. The smallest absolute Gasteiger partial charge is 0.340 e. The summed E-state index contributed by atoms with van der Waals surface area (Å²) < 4.78 is 12.1. The first-order chi connectivity index (χ1) is 21.4. The predicted octanol–water partition coefficient (Wildman–Crippen LogP) is 6.22. The van der Waals surface area contributed by atoms with Crippen LogP contribution in [0.5, 0.6) is 5.75 Å². The second kappa shape index (κ2) is 11.2. The lowest BCUT2D eigenvalue weighted by Crippen LogP contribution is -2.52. The Hall–Kier alpha value is -3.94. The molecule has 228 valence electrons. The standard InChI is InChI=1S/C37H38O7/c1-21(20-39)10-15-29-27-14-13-26-25-16-17-37(33(26)32(27)35(41)43-29)30(9-5-6-18-38)44-36(42)34(37)31(25)28-19-23(40)11-12-24(28)22-7-3-2-4-8-22/h2-4,7-9,11-12,15,19,21,25-26,33,38-40H,5-6,10,13-14,16-18,20H2,1H3. The number of hydrogen-bond acceptors (Lipinski definition) is 7. The van der Waals surface area contributed by atoms with Gasteiger partial charge < -0.3 is 24.8 Å². The van der Waals surface area contributed by atoms with Crippen LogP contribution in [-0.2, 0) is 19.1 Å². The van der Waals surface area contributed by atoms with Gasteiger partial charge in [0.15, 0.2) is 0 Å². The minimum atomic E-state index is -0.839. The average Bonchev–Trinajstić information content (AvgIpc) is 3.53. The minimum Gasteiger partial charge on any atom is -0.508 e. The van der Waals surface area contributed by atoms with E-state index in [-0.39, 0.29) is 48.6 Å². The van der Waals surface area contributed by atoms with E-state index < -0.39 is 11.4 Å². The number of carbonyl (C=O) groups excluding carboxylic acids is 2. The largest absolute Gasteiger partial charge is 0.508 e. The Morgan fingerprint density at radius 3 is 2.57 bits per heavy atom. The molecule has 1 spiro atoms. The maximum Gasteiger partial charge on any atom is 0.340 e. The highest BCUT2D eigenvalue weighted by Gasteiger charge is 2.68. The number of unbranched alkanes of at least 4 members (excludes halogenated alkanes) is 1. The van der Waals surface area contributed by atoms with E-state index in [0.29, 0.717) is 54.8 Å². The van der Waals surface area contributed by atoms with Crippen LogP contribution >= 0.6 is 0 Å². The first-order valence-electron chi connectivity index (χ1n) is 15.8. The summed E-state index contributed by atoms with van der Waals surface area (Å²) in [6.45, 7) is 2.03. The van der Waals surface area contributed by atoms with Crippen LogP contribution in [0.1, 0.15) is 57.4 Å². The molecule has 2 aromatic rings. The molecule has 0 amide bonds. The number of ether oxygens (including phenoxy) is 2. The van der Waals surface area contributed by atoms with Gasteiger partial charge in [-0.3, -0.25) is 0 Å². The van der Waals surface area contributed by atoms with Crippen LogP contribution in [-0.4, -0.2) is 40.5 Å². The van der Waals surface area contributed by atoms with E-state index in [0.717, 1.165) is 40.7 Å². The van der Waals surface area contributed by atoms with E-state index in [2.05, 4.69) is 0 Å². The third-order valence-corrected chi connectivity index (χ3v) is 10.4. The third kappa shape index (κ3) is 4.32. The molecule has 2 fully saturated rings. The summed E-state index contributed by atoms with van der Waals surface area (Å²) in [6, 6.07) is 15.4. The van der Waals surface area contributed by atoms with Crippen molar-refractivity contribution in [3.63, 3.8) is 0 Å². The van der Waals surface area contributed by atoms with Gasteiger partial charge in [-0.15, -0.1) is 0 Å². The number of cyclic esters (lactones) is 2.